The van der Waals surface area contributed by atoms with E-state index in [-0.39, 0.29) is 17.7 Å². The van der Waals surface area contributed by atoms with E-state index < -0.39 is 0 Å². The Balaban J connectivity index is 2.07. The van der Waals surface area contributed by atoms with Crippen molar-refractivity contribution in [3.8, 4) is 0 Å². The van der Waals surface area contributed by atoms with Gasteiger partial charge in [0.2, 0.25) is 5.91 Å². The highest BCUT2D eigenvalue weighted by atomic mass is 79.9. The fraction of sp³-hybridized carbons (Fsp3) is 0.385. The van der Waals surface area contributed by atoms with Gasteiger partial charge < -0.3 is 21.0 Å². The van der Waals surface area contributed by atoms with E-state index in [1.165, 1.54) is 0 Å². The maximum atomic E-state index is 12.1. The first-order valence-electron chi connectivity index (χ1n) is 6.28. The minimum atomic E-state index is -0.112. The van der Waals surface area contributed by atoms with E-state index in [1.807, 2.05) is 0 Å². The van der Waals surface area contributed by atoms with Crippen LogP contribution in [0.15, 0.2) is 27.8 Å². The smallest absolute Gasteiger partial charge is 0.229 e. The number of amidine groups is 1. The Labute approximate surface area is 125 Å². The molecule has 1 aromatic carbocycles. The van der Waals surface area contributed by atoms with E-state index in [0.29, 0.717) is 22.3 Å². The standard InChI is InChI=1S/C13H16BrN3O3/c14-10-6-8(12(15)17-19)3-4-11(10)16-13(18)9-2-1-5-20-7-9/h3-4,6,9,19H,1-2,5,7H2,(H2,15,17)(H,16,18). The minimum absolute atomic E-state index is 0.0178. The molecule has 1 saturated heterocycles. The summed E-state index contributed by atoms with van der Waals surface area (Å²) in [5.41, 5.74) is 6.72. The fourth-order valence-corrected chi connectivity index (χ4v) is 2.49. The molecular weight excluding hydrogens is 326 g/mol. The number of anilines is 1. The van der Waals surface area contributed by atoms with Crippen LogP contribution in [-0.4, -0.2) is 30.2 Å². The monoisotopic (exact) mass is 341 g/mol. The lowest BCUT2D eigenvalue weighted by Gasteiger charge is -2.21. The number of halogens is 1. The third-order valence-electron chi connectivity index (χ3n) is 3.16. The number of nitrogens with one attached hydrogen (secondary N) is 1. The molecule has 1 aromatic rings. The molecule has 4 N–H and O–H groups in total. The zero-order valence-corrected chi connectivity index (χ0v) is 12.4. The van der Waals surface area contributed by atoms with Crippen LogP contribution in [0, 0.1) is 5.92 Å². The van der Waals surface area contributed by atoms with Crippen LogP contribution in [-0.2, 0) is 9.53 Å². The van der Waals surface area contributed by atoms with Gasteiger partial charge in [0.05, 0.1) is 18.2 Å². The van der Waals surface area contributed by atoms with Crippen molar-refractivity contribution in [1.82, 2.24) is 0 Å². The van der Waals surface area contributed by atoms with Crippen LogP contribution >= 0.6 is 15.9 Å². The van der Waals surface area contributed by atoms with Gasteiger partial charge in [-0.1, -0.05) is 5.16 Å². The summed E-state index contributed by atoms with van der Waals surface area (Å²) in [6.07, 6.45) is 1.74. The Kier molecular flexibility index (Phi) is 4.97. The lowest BCUT2D eigenvalue weighted by atomic mass is 10.0. The maximum absolute atomic E-state index is 12.1. The van der Waals surface area contributed by atoms with Crippen molar-refractivity contribution in [2.75, 3.05) is 18.5 Å². The molecule has 1 atom stereocenters. The average molecular weight is 342 g/mol. The Morgan fingerprint density at radius 1 is 1.55 bits per heavy atom. The number of oxime groups is 1. The van der Waals surface area contributed by atoms with E-state index in [1.54, 1.807) is 18.2 Å². The first kappa shape index (κ1) is 14.8. The summed E-state index contributed by atoms with van der Waals surface area (Å²) in [6.45, 7) is 1.19. The molecule has 1 fully saturated rings. The number of nitrogens with zero attached hydrogens (tertiary/aromatic N) is 1. The highest BCUT2D eigenvalue weighted by Crippen LogP contribution is 2.25. The van der Waals surface area contributed by atoms with E-state index in [9.17, 15) is 4.79 Å². The van der Waals surface area contributed by atoms with Crippen LogP contribution < -0.4 is 11.1 Å². The number of benzene rings is 1. The van der Waals surface area contributed by atoms with Gasteiger partial charge in [-0.2, -0.15) is 0 Å². The number of amides is 1. The minimum Gasteiger partial charge on any atom is -0.409 e. The molecule has 0 saturated carbocycles. The summed E-state index contributed by atoms with van der Waals surface area (Å²) in [5, 5.41) is 14.4. The molecular formula is C13H16BrN3O3. The predicted octanol–water partition coefficient (Wildman–Crippen LogP) is 1.91. The topological polar surface area (TPSA) is 96.9 Å². The lowest BCUT2D eigenvalue weighted by molar-refractivity contribution is -0.123. The fourth-order valence-electron chi connectivity index (χ4n) is 2.02. The largest absolute Gasteiger partial charge is 0.409 e. The van der Waals surface area contributed by atoms with Gasteiger partial charge in [-0.25, -0.2) is 0 Å². The second-order valence-electron chi connectivity index (χ2n) is 4.58. The average Bonchev–Trinajstić information content (AvgIpc) is 2.49. The zero-order valence-electron chi connectivity index (χ0n) is 10.8. The molecule has 20 heavy (non-hydrogen) atoms. The zero-order chi connectivity index (χ0) is 14.5. The molecule has 6 nitrogen and oxygen atoms in total. The van der Waals surface area contributed by atoms with Crippen LogP contribution in [0.1, 0.15) is 18.4 Å². The van der Waals surface area contributed by atoms with E-state index in [4.69, 9.17) is 15.7 Å². The number of nitrogens with two attached hydrogens (primary N) is 1. The molecule has 1 heterocycles. The first-order valence-corrected chi connectivity index (χ1v) is 7.07. The molecule has 2 rings (SSSR count). The number of ether oxygens (including phenoxy) is 1. The molecule has 0 aromatic heterocycles. The third-order valence-corrected chi connectivity index (χ3v) is 3.82. The van der Waals surface area contributed by atoms with Gasteiger partial charge in [0, 0.05) is 16.6 Å². The normalized spacial score (nSPS) is 19.6. The molecule has 108 valence electrons. The van der Waals surface area contributed by atoms with Crippen molar-refractivity contribution >= 4 is 33.4 Å². The summed E-state index contributed by atoms with van der Waals surface area (Å²) < 4.78 is 5.98. The van der Waals surface area contributed by atoms with Gasteiger partial charge in [0.15, 0.2) is 5.84 Å². The highest BCUT2D eigenvalue weighted by Gasteiger charge is 2.22. The second-order valence-corrected chi connectivity index (χ2v) is 5.44. The van der Waals surface area contributed by atoms with Crippen molar-refractivity contribution < 1.29 is 14.7 Å². The lowest BCUT2D eigenvalue weighted by Crippen LogP contribution is -2.30. The maximum Gasteiger partial charge on any atom is 0.229 e. The summed E-state index contributed by atoms with van der Waals surface area (Å²) in [4.78, 5) is 12.1. The molecule has 0 aliphatic carbocycles. The summed E-state index contributed by atoms with van der Waals surface area (Å²) >= 11 is 3.36. The Hall–Kier alpha value is -1.60. The Morgan fingerprint density at radius 3 is 2.95 bits per heavy atom. The molecule has 1 amide bonds. The van der Waals surface area contributed by atoms with Crippen LogP contribution in [0.3, 0.4) is 0 Å². The van der Waals surface area contributed by atoms with Gasteiger partial charge in [0.1, 0.15) is 0 Å². The van der Waals surface area contributed by atoms with Crippen molar-refractivity contribution in [1.29, 1.82) is 0 Å². The second kappa shape index (κ2) is 6.71. The van der Waals surface area contributed by atoms with Crippen LogP contribution in [0.4, 0.5) is 5.69 Å². The number of hydrogen-bond donors (Lipinski definition) is 3. The Morgan fingerprint density at radius 2 is 2.35 bits per heavy atom. The SMILES string of the molecule is N/C(=N/O)c1ccc(NC(=O)C2CCCOC2)c(Br)c1. The summed E-state index contributed by atoms with van der Waals surface area (Å²) in [5.74, 6) is -0.148. The van der Waals surface area contributed by atoms with Gasteiger partial charge in [-0.3, -0.25) is 4.79 Å². The van der Waals surface area contributed by atoms with Gasteiger partial charge >= 0.3 is 0 Å². The van der Waals surface area contributed by atoms with Crippen LogP contribution in [0.25, 0.3) is 0 Å². The van der Waals surface area contributed by atoms with Crippen molar-refractivity contribution in [2.24, 2.45) is 16.8 Å². The van der Waals surface area contributed by atoms with Gasteiger partial charge in [-0.05, 0) is 47.0 Å². The van der Waals surface area contributed by atoms with Crippen molar-refractivity contribution in [3.63, 3.8) is 0 Å². The van der Waals surface area contributed by atoms with Crippen molar-refractivity contribution in [2.45, 2.75) is 12.8 Å². The first-order chi connectivity index (χ1) is 9.61. The van der Waals surface area contributed by atoms with Crippen LogP contribution in [0.2, 0.25) is 0 Å². The molecule has 7 heteroatoms. The number of carbonyl (C=O) groups excluding carboxylic acids is 1. The Bertz CT molecular complexity index is 528. The van der Waals surface area contributed by atoms with E-state index >= 15 is 0 Å². The van der Waals surface area contributed by atoms with Gasteiger partial charge in [0.25, 0.3) is 0 Å². The molecule has 1 aliphatic heterocycles. The number of rotatable bonds is 3. The highest BCUT2D eigenvalue weighted by molar-refractivity contribution is 9.10. The summed E-state index contributed by atoms with van der Waals surface area (Å²) in [6, 6.07) is 5.06. The van der Waals surface area contributed by atoms with Crippen LogP contribution in [0.5, 0.6) is 0 Å². The molecule has 0 spiro atoms. The van der Waals surface area contributed by atoms with Gasteiger partial charge in [-0.15, -0.1) is 0 Å². The summed E-state index contributed by atoms with van der Waals surface area (Å²) in [7, 11) is 0. The molecule has 0 bridgehead atoms. The number of hydrogen-bond acceptors (Lipinski definition) is 4. The number of carbonyl (C=O) groups is 1. The molecule has 1 unspecified atom stereocenters. The quantitative estimate of drug-likeness (QED) is 0.338. The molecule has 0 radical (unpaired) electrons. The van der Waals surface area contributed by atoms with Crippen molar-refractivity contribution in [3.05, 3.63) is 28.2 Å². The van der Waals surface area contributed by atoms with E-state index in [0.717, 1.165) is 19.4 Å². The third kappa shape index (κ3) is 3.49. The predicted molar refractivity (Wildman–Crippen MR) is 78.8 cm³/mol. The molecule has 1 aliphatic rings. The van der Waals surface area contributed by atoms with E-state index in [2.05, 4.69) is 26.4 Å².